The molecule has 1 saturated carbocycles. The lowest BCUT2D eigenvalue weighted by molar-refractivity contribution is -0.147. The van der Waals surface area contributed by atoms with Gasteiger partial charge in [-0.3, -0.25) is 4.79 Å². The Bertz CT molecular complexity index is 545. The van der Waals surface area contributed by atoms with Crippen molar-refractivity contribution in [3.05, 3.63) is 18.1 Å². The van der Waals surface area contributed by atoms with E-state index < -0.39 is 5.60 Å². The number of nitrogens with zero attached hydrogens (tertiary/aromatic N) is 3. The highest BCUT2D eigenvalue weighted by Crippen LogP contribution is 2.24. The molecule has 1 saturated heterocycles. The Morgan fingerprint density at radius 1 is 1.45 bits per heavy atom. The Morgan fingerprint density at radius 3 is 2.95 bits per heavy atom. The van der Waals surface area contributed by atoms with Crippen molar-refractivity contribution in [3.63, 3.8) is 0 Å². The molecule has 22 heavy (non-hydrogen) atoms. The molecule has 2 fully saturated rings. The molecule has 1 aromatic rings. The third kappa shape index (κ3) is 3.21. The zero-order valence-corrected chi connectivity index (χ0v) is 13.3. The number of aromatic nitrogens is 2. The number of anilines is 1. The molecule has 0 spiro atoms. The maximum Gasteiger partial charge on any atom is 0.254 e. The molecule has 6 heteroatoms. The lowest BCUT2D eigenvalue weighted by Gasteiger charge is -2.40. The van der Waals surface area contributed by atoms with Crippen molar-refractivity contribution in [1.82, 2.24) is 15.3 Å². The summed E-state index contributed by atoms with van der Waals surface area (Å²) in [6.45, 7) is 5.52. The van der Waals surface area contributed by atoms with Crippen LogP contribution >= 0.6 is 0 Å². The fourth-order valence-corrected chi connectivity index (χ4v) is 3.23. The Kier molecular flexibility index (Phi) is 4.29. The van der Waals surface area contributed by atoms with Crippen LogP contribution < -0.4 is 10.2 Å². The molecule has 1 amide bonds. The second-order valence-corrected chi connectivity index (χ2v) is 6.42. The van der Waals surface area contributed by atoms with Gasteiger partial charge in [-0.2, -0.15) is 0 Å². The molecule has 1 aliphatic heterocycles. The molecule has 1 aromatic heterocycles. The molecule has 2 aliphatic rings. The number of morpholine rings is 1. The van der Waals surface area contributed by atoms with Crippen LogP contribution in [0.2, 0.25) is 0 Å². The van der Waals surface area contributed by atoms with E-state index in [1.807, 2.05) is 19.9 Å². The average molecular weight is 304 g/mol. The molecule has 3 rings (SSSR count). The number of carbonyl (C=O) groups is 1. The van der Waals surface area contributed by atoms with Crippen LogP contribution in [-0.2, 0) is 9.53 Å². The van der Waals surface area contributed by atoms with E-state index in [2.05, 4.69) is 20.2 Å². The van der Waals surface area contributed by atoms with E-state index in [1.165, 1.54) is 12.8 Å². The SMILES string of the molecule is Cc1nccc(N2CCO[C@](C)(C(=O)NC3CCCC3)C2)n1. The van der Waals surface area contributed by atoms with Crippen molar-refractivity contribution in [1.29, 1.82) is 0 Å². The minimum absolute atomic E-state index is 0.00474. The van der Waals surface area contributed by atoms with Gasteiger partial charge in [0.25, 0.3) is 5.91 Å². The largest absolute Gasteiger partial charge is 0.362 e. The maximum absolute atomic E-state index is 12.6. The summed E-state index contributed by atoms with van der Waals surface area (Å²) < 4.78 is 5.82. The quantitative estimate of drug-likeness (QED) is 0.915. The smallest absolute Gasteiger partial charge is 0.254 e. The average Bonchev–Trinajstić information content (AvgIpc) is 3.00. The number of amides is 1. The van der Waals surface area contributed by atoms with Crippen LogP contribution in [0.15, 0.2) is 12.3 Å². The van der Waals surface area contributed by atoms with Gasteiger partial charge in [0.2, 0.25) is 0 Å². The predicted molar refractivity (Wildman–Crippen MR) is 83.7 cm³/mol. The van der Waals surface area contributed by atoms with E-state index in [0.29, 0.717) is 19.2 Å². The van der Waals surface area contributed by atoms with Crippen molar-refractivity contribution in [3.8, 4) is 0 Å². The topological polar surface area (TPSA) is 67.4 Å². The molecular weight excluding hydrogens is 280 g/mol. The zero-order chi connectivity index (χ0) is 15.6. The van der Waals surface area contributed by atoms with E-state index in [9.17, 15) is 4.79 Å². The van der Waals surface area contributed by atoms with Gasteiger partial charge in [-0.1, -0.05) is 12.8 Å². The number of hydrogen-bond acceptors (Lipinski definition) is 5. The molecule has 2 heterocycles. The highest BCUT2D eigenvalue weighted by molar-refractivity contribution is 5.86. The predicted octanol–water partition coefficient (Wildman–Crippen LogP) is 1.44. The van der Waals surface area contributed by atoms with Gasteiger partial charge in [0, 0.05) is 18.8 Å². The van der Waals surface area contributed by atoms with Gasteiger partial charge in [0.15, 0.2) is 5.60 Å². The molecule has 0 aromatic carbocycles. The van der Waals surface area contributed by atoms with Crippen LogP contribution in [0.1, 0.15) is 38.4 Å². The van der Waals surface area contributed by atoms with Crippen LogP contribution in [0.4, 0.5) is 5.82 Å². The van der Waals surface area contributed by atoms with Crippen LogP contribution in [0.3, 0.4) is 0 Å². The Morgan fingerprint density at radius 2 is 2.23 bits per heavy atom. The fraction of sp³-hybridized carbons (Fsp3) is 0.688. The summed E-state index contributed by atoms with van der Waals surface area (Å²) >= 11 is 0. The number of carbonyl (C=O) groups excluding carboxylic acids is 1. The Balaban J connectivity index is 1.69. The molecule has 120 valence electrons. The summed E-state index contributed by atoms with van der Waals surface area (Å²) in [4.78, 5) is 23.3. The summed E-state index contributed by atoms with van der Waals surface area (Å²) in [6.07, 6.45) is 6.32. The molecular formula is C16H24N4O2. The molecule has 0 bridgehead atoms. The van der Waals surface area contributed by atoms with E-state index in [1.54, 1.807) is 6.20 Å². The summed E-state index contributed by atoms with van der Waals surface area (Å²) in [5, 5.41) is 3.15. The third-order valence-electron chi connectivity index (χ3n) is 4.53. The van der Waals surface area contributed by atoms with Crippen LogP contribution in [-0.4, -0.2) is 47.2 Å². The van der Waals surface area contributed by atoms with Crippen molar-refractivity contribution in [2.75, 3.05) is 24.6 Å². The molecule has 1 N–H and O–H groups in total. The van der Waals surface area contributed by atoms with Crippen molar-refractivity contribution < 1.29 is 9.53 Å². The number of rotatable bonds is 3. The molecule has 0 unspecified atom stereocenters. The van der Waals surface area contributed by atoms with Crippen molar-refractivity contribution in [2.45, 2.75) is 51.2 Å². The fourth-order valence-electron chi connectivity index (χ4n) is 3.23. The first-order chi connectivity index (χ1) is 10.6. The molecule has 1 atom stereocenters. The number of aryl methyl sites for hydroxylation is 1. The first kappa shape index (κ1) is 15.2. The summed E-state index contributed by atoms with van der Waals surface area (Å²) in [5.41, 5.74) is -0.820. The highest BCUT2D eigenvalue weighted by Gasteiger charge is 2.40. The van der Waals surface area contributed by atoms with Gasteiger partial charge in [0.05, 0.1) is 13.2 Å². The monoisotopic (exact) mass is 304 g/mol. The van der Waals surface area contributed by atoms with Gasteiger partial charge in [-0.25, -0.2) is 9.97 Å². The first-order valence-electron chi connectivity index (χ1n) is 8.06. The van der Waals surface area contributed by atoms with Crippen LogP contribution in [0, 0.1) is 6.92 Å². The second-order valence-electron chi connectivity index (χ2n) is 6.42. The molecule has 0 radical (unpaired) electrons. The number of hydrogen-bond donors (Lipinski definition) is 1. The maximum atomic E-state index is 12.6. The highest BCUT2D eigenvalue weighted by atomic mass is 16.5. The van der Waals surface area contributed by atoms with Crippen LogP contribution in [0.5, 0.6) is 0 Å². The second kappa shape index (κ2) is 6.20. The molecule has 6 nitrogen and oxygen atoms in total. The first-order valence-corrected chi connectivity index (χ1v) is 8.06. The lowest BCUT2D eigenvalue weighted by atomic mass is 10.0. The van der Waals surface area contributed by atoms with Gasteiger partial charge >= 0.3 is 0 Å². The van der Waals surface area contributed by atoms with Gasteiger partial charge < -0.3 is 15.0 Å². The van der Waals surface area contributed by atoms with E-state index in [4.69, 9.17) is 4.74 Å². The summed E-state index contributed by atoms with van der Waals surface area (Å²) in [7, 11) is 0. The van der Waals surface area contributed by atoms with Crippen LogP contribution in [0.25, 0.3) is 0 Å². The summed E-state index contributed by atoms with van der Waals surface area (Å²) in [6, 6.07) is 2.19. The van der Waals surface area contributed by atoms with Gasteiger partial charge in [-0.05, 0) is 32.8 Å². The van der Waals surface area contributed by atoms with Gasteiger partial charge in [0.1, 0.15) is 11.6 Å². The molecule has 1 aliphatic carbocycles. The van der Waals surface area contributed by atoms with E-state index in [0.717, 1.165) is 31.0 Å². The Hall–Kier alpha value is -1.69. The summed E-state index contributed by atoms with van der Waals surface area (Å²) in [5.74, 6) is 1.59. The van der Waals surface area contributed by atoms with E-state index >= 15 is 0 Å². The number of nitrogens with one attached hydrogen (secondary N) is 1. The zero-order valence-electron chi connectivity index (χ0n) is 13.3. The Labute approximate surface area is 131 Å². The normalized spacial score (nSPS) is 26.2. The minimum Gasteiger partial charge on any atom is -0.362 e. The van der Waals surface area contributed by atoms with E-state index in [-0.39, 0.29) is 5.91 Å². The lowest BCUT2D eigenvalue weighted by Crippen LogP contribution is -2.59. The van der Waals surface area contributed by atoms with Gasteiger partial charge in [-0.15, -0.1) is 0 Å². The standard InChI is InChI=1S/C16H24N4O2/c1-12-17-8-7-14(18-12)20-9-10-22-16(2,11-20)15(21)19-13-5-3-4-6-13/h7-8,13H,3-6,9-11H2,1-2H3,(H,19,21)/t16-/m0/s1. The minimum atomic E-state index is -0.820. The third-order valence-corrected chi connectivity index (χ3v) is 4.53. The number of ether oxygens (including phenoxy) is 1. The van der Waals surface area contributed by atoms with Crippen molar-refractivity contribution in [2.24, 2.45) is 0 Å². The van der Waals surface area contributed by atoms with Crippen molar-refractivity contribution >= 4 is 11.7 Å².